The highest BCUT2D eigenvalue weighted by Crippen LogP contribution is 2.36. The van der Waals surface area contributed by atoms with E-state index in [0.29, 0.717) is 0 Å². The van der Waals surface area contributed by atoms with Crippen molar-refractivity contribution in [2.75, 3.05) is 13.1 Å². The van der Waals surface area contributed by atoms with Crippen LogP contribution < -0.4 is 5.32 Å². The molecule has 0 bridgehead atoms. The Hall–Kier alpha value is -0.0800. The Morgan fingerprint density at radius 3 is 2.67 bits per heavy atom. The molecular weight excluding hydrogens is 220 g/mol. The molecule has 18 heavy (non-hydrogen) atoms. The molecule has 0 spiro atoms. The van der Waals surface area contributed by atoms with Gasteiger partial charge in [0.1, 0.15) is 0 Å². The second-order valence-electron chi connectivity index (χ2n) is 6.86. The van der Waals surface area contributed by atoms with Crippen molar-refractivity contribution < 1.29 is 0 Å². The predicted molar refractivity (Wildman–Crippen MR) is 76.8 cm³/mol. The van der Waals surface area contributed by atoms with Crippen molar-refractivity contribution in [1.82, 2.24) is 10.2 Å². The van der Waals surface area contributed by atoms with Crippen molar-refractivity contribution in [2.45, 2.75) is 82.8 Å². The highest BCUT2D eigenvalue weighted by Gasteiger charge is 2.35. The van der Waals surface area contributed by atoms with Gasteiger partial charge in [-0.1, -0.05) is 12.8 Å². The summed E-state index contributed by atoms with van der Waals surface area (Å²) in [4.78, 5) is 2.86. The minimum atomic E-state index is 0.794. The number of nitrogens with zero attached hydrogens (tertiary/aromatic N) is 1. The van der Waals surface area contributed by atoms with E-state index in [2.05, 4.69) is 17.1 Å². The summed E-state index contributed by atoms with van der Waals surface area (Å²) in [7, 11) is 0. The molecule has 3 aliphatic rings. The average molecular weight is 250 g/mol. The molecule has 3 fully saturated rings. The van der Waals surface area contributed by atoms with Gasteiger partial charge < -0.3 is 5.32 Å². The average Bonchev–Trinajstić information content (AvgIpc) is 3.22. The first kappa shape index (κ1) is 12.9. The number of likely N-dealkylation sites (tertiary alicyclic amines) is 1. The maximum Gasteiger partial charge on any atom is 0.0126 e. The molecule has 0 aromatic rings. The van der Waals surface area contributed by atoms with E-state index >= 15 is 0 Å². The highest BCUT2D eigenvalue weighted by atomic mass is 15.2. The molecule has 0 radical (unpaired) electrons. The topological polar surface area (TPSA) is 15.3 Å². The van der Waals surface area contributed by atoms with Crippen LogP contribution in [0.25, 0.3) is 0 Å². The molecule has 104 valence electrons. The van der Waals surface area contributed by atoms with Gasteiger partial charge in [-0.2, -0.15) is 0 Å². The van der Waals surface area contributed by atoms with Crippen molar-refractivity contribution in [3.63, 3.8) is 0 Å². The van der Waals surface area contributed by atoms with Crippen molar-refractivity contribution >= 4 is 0 Å². The highest BCUT2D eigenvalue weighted by molar-refractivity contribution is 4.90. The Balaban J connectivity index is 1.48. The molecule has 1 unspecified atom stereocenters. The molecule has 1 heterocycles. The van der Waals surface area contributed by atoms with Crippen molar-refractivity contribution in [3.05, 3.63) is 0 Å². The van der Waals surface area contributed by atoms with E-state index in [1.807, 2.05) is 0 Å². The van der Waals surface area contributed by atoms with Crippen LogP contribution in [0.4, 0.5) is 0 Å². The van der Waals surface area contributed by atoms with Gasteiger partial charge in [0.2, 0.25) is 0 Å². The maximum absolute atomic E-state index is 3.67. The van der Waals surface area contributed by atoms with Crippen LogP contribution in [0, 0.1) is 5.92 Å². The van der Waals surface area contributed by atoms with Crippen LogP contribution in [-0.2, 0) is 0 Å². The van der Waals surface area contributed by atoms with E-state index in [1.54, 1.807) is 0 Å². The molecule has 2 aliphatic carbocycles. The third-order valence-corrected chi connectivity index (χ3v) is 5.42. The molecule has 1 saturated heterocycles. The summed E-state index contributed by atoms with van der Waals surface area (Å²) < 4.78 is 0. The zero-order valence-corrected chi connectivity index (χ0v) is 12.0. The lowest BCUT2D eigenvalue weighted by Gasteiger charge is -2.47. The van der Waals surface area contributed by atoms with Gasteiger partial charge in [-0.25, -0.2) is 0 Å². The second-order valence-corrected chi connectivity index (χ2v) is 6.86. The third kappa shape index (κ3) is 3.08. The lowest BCUT2D eigenvalue weighted by atomic mass is 9.77. The van der Waals surface area contributed by atoms with Crippen LogP contribution in [0.5, 0.6) is 0 Å². The summed E-state index contributed by atoms with van der Waals surface area (Å²) in [5, 5.41) is 3.67. The summed E-state index contributed by atoms with van der Waals surface area (Å²) in [6.45, 7) is 5.07. The van der Waals surface area contributed by atoms with Crippen molar-refractivity contribution in [1.29, 1.82) is 0 Å². The van der Waals surface area contributed by atoms with E-state index in [-0.39, 0.29) is 0 Å². The number of rotatable bonds is 5. The lowest BCUT2D eigenvalue weighted by molar-refractivity contribution is 0.0288. The first-order chi connectivity index (χ1) is 8.84. The summed E-state index contributed by atoms with van der Waals surface area (Å²) in [6.07, 6.45) is 13.1. The Morgan fingerprint density at radius 2 is 1.83 bits per heavy atom. The summed E-state index contributed by atoms with van der Waals surface area (Å²) in [5.74, 6) is 1.03. The first-order valence-electron chi connectivity index (χ1n) is 8.34. The van der Waals surface area contributed by atoms with Crippen molar-refractivity contribution in [3.8, 4) is 0 Å². The van der Waals surface area contributed by atoms with Crippen LogP contribution in [-0.4, -0.2) is 36.1 Å². The molecule has 2 nitrogen and oxygen atoms in total. The molecule has 2 heteroatoms. The minimum Gasteiger partial charge on any atom is -0.314 e. The van der Waals surface area contributed by atoms with Crippen molar-refractivity contribution in [2.24, 2.45) is 5.92 Å². The smallest absolute Gasteiger partial charge is 0.0126 e. The fraction of sp³-hybridized carbons (Fsp3) is 1.00. The SMILES string of the molecule is CC(CCNC1CC1)N1CCC[C@H]2CCCC[C@H]21. The van der Waals surface area contributed by atoms with Crippen LogP contribution >= 0.6 is 0 Å². The van der Waals surface area contributed by atoms with Gasteiger partial charge in [0, 0.05) is 18.1 Å². The van der Waals surface area contributed by atoms with E-state index in [0.717, 1.165) is 24.0 Å². The van der Waals surface area contributed by atoms with Crippen LogP contribution in [0.2, 0.25) is 0 Å². The molecule has 1 N–H and O–H groups in total. The van der Waals surface area contributed by atoms with E-state index < -0.39 is 0 Å². The molecule has 1 aliphatic heterocycles. The predicted octanol–water partition coefficient (Wildman–Crippen LogP) is 3.17. The molecule has 0 amide bonds. The van der Waals surface area contributed by atoms with E-state index in [4.69, 9.17) is 0 Å². The monoisotopic (exact) mass is 250 g/mol. The molecular formula is C16H30N2. The Labute approximate surface area is 113 Å². The molecule has 0 aromatic heterocycles. The lowest BCUT2D eigenvalue weighted by Crippen LogP contribution is -2.51. The fourth-order valence-electron chi connectivity index (χ4n) is 4.16. The Bertz CT molecular complexity index is 260. The fourth-order valence-corrected chi connectivity index (χ4v) is 4.16. The standard InChI is InChI=1S/C16H30N2/c1-13(10-11-17-15-8-9-15)18-12-4-6-14-5-2-3-7-16(14)18/h13-17H,2-12H2,1H3/t13?,14-,16-/m1/s1. The first-order valence-corrected chi connectivity index (χ1v) is 8.34. The molecule has 2 saturated carbocycles. The third-order valence-electron chi connectivity index (χ3n) is 5.42. The van der Waals surface area contributed by atoms with Gasteiger partial charge in [0.25, 0.3) is 0 Å². The quantitative estimate of drug-likeness (QED) is 0.806. The minimum absolute atomic E-state index is 0.794. The van der Waals surface area contributed by atoms with Gasteiger partial charge in [-0.05, 0) is 70.9 Å². The summed E-state index contributed by atoms with van der Waals surface area (Å²) >= 11 is 0. The van der Waals surface area contributed by atoms with Gasteiger partial charge in [-0.3, -0.25) is 4.90 Å². The number of fused-ring (bicyclic) bond motifs is 1. The zero-order chi connectivity index (χ0) is 12.4. The Kier molecular flexibility index (Phi) is 4.25. The number of piperidine rings is 1. The largest absolute Gasteiger partial charge is 0.314 e. The Morgan fingerprint density at radius 1 is 1.06 bits per heavy atom. The summed E-state index contributed by atoms with van der Waals surface area (Å²) in [6, 6.07) is 2.60. The van der Waals surface area contributed by atoms with Crippen LogP contribution in [0.3, 0.4) is 0 Å². The van der Waals surface area contributed by atoms with E-state index in [9.17, 15) is 0 Å². The van der Waals surface area contributed by atoms with Crippen LogP contribution in [0.15, 0.2) is 0 Å². The maximum atomic E-state index is 3.67. The van der Waals surface area contributed by atoms with E-state index in [1.165, 1.54) is 70.9 Å². The normalized spacial score (nSPS) is 35.2. The number of nitrogens with one attached hydrogen (secondary N) is 1. The second kappa shape index (κ2) is 5.92. The number of hydrogen-bond acceptors (Lipinski definition) is 2. The summed E-state index contributed by atoms with van der Waals surface area (Å²) in [5.41, 5.74) is 0. The van der Waals surface area contributed by atoms with Gasteiger partial charge in [-0.15, -0.1) is 0 Å². The molecule has 3 rings (SSSR count). The zero-order valence-electron chi connectivity index (χ0n) is 12.0. The van der Waals surface area contributed by atoms with Crippen LogP contribution in [0.1, 0.15) is 64.7 Å². The number of hydrogen-bond donors (Lipinski definition) is 1. The van der Waals surface area contributed by atoms with Gasteiger partial charge in [0.05, 0.1) is 0 Å². The van der Waals surface area contributed by atoms with Gasteiger partial charge in [0.15, 0.2) is 0 Å². The molecule has 0 aromatic carbocycles. The van der Waals surface area contributed by atoms with Gasteiger partial charge >= 0.3 is 0 Å². The molecule has 3 atom stereocenters.